The third-order valence-electron chi connectivity index (χ3n) is 2.41. The highest BCUT2D eigenvalue weighted by Gasteiger charge is 2.13. The average molecular weight is 305 g/mol. The van der Waals surface area contributed by atoms with Gasteiger partial charge in [-0.05, 0) is 31.0 Å². The first kappa shape index (κ1) is 15.6. The fourth-order valence-corrected chi connectivity index (χ4v) is 1.85. The number of carboxylic acid groups (broad SMARTS) is 1. The minimum absolute atomic E-state index is 0.347. The van der Waals surface area contributed by atoms with Gasteiger partial charge in [0.15, 0.2) is 0 Å². The van der Waals surface area contributed by atoms with Gasteiger partial charge in [0.1, 0.15) is 6.04 Å². The molecule has 3 N–H and O–H groups in total. The van der Waals surface area contributed by atoms with E-state index in [1.807, 2.05) is 0 Å². The van der Waals surface area contributed by atoms with Crippen LogP contribution in [0.5, 0.6) is 0 Å². The molecule has 5 nitrogen and oxygen atoms in total. The lowest BCUT2D eigenvalue weighted by Gasteiger charge is -2.11. The van der Waals surface area contributed by atoms with Crippen molar-refractivity contribution in [2.24, 2.45) is 0 Å². The molecule has 0 aromatic heterocycles. The summed E-state index contributed by atoms with van der Waals surface area (Å²) in [5.74, 6) is -1.09. The SMILES string of the molecule is C[C@@H](NC(=O)NCCc1ccc(Cl)cc1Cl)C(=O)O. The van der Waals surface area contributed by atoms with Crippen LogP contribution in [0.25, 0.3) is 0 Å². The minimum Gasteiger partial charge on any atom is -0.480 e. The van der Waals surface area contributed by atoms with Gasteiger partial charge in [-0.3, -0.25) is 4.79 Å². The molecule has 1 atom stereocenters. The normalized spacial score (nSPS) is 11.7. The second kappa shape index (κ2) is 7.21. The molecule has 0 unspecified atom stereocenters. The molecule has 7 heteroatoms. The molecule has 19 heavy (non-hydrogen) atoms. The zero-order valence-corrected chi connectivity index (χ0v) is 11.8. The summed E-state index contributed by atoms with van der Waals surface area (Å²) in [5, 5.41) is 14.6. The second-order valence-electron chi connectivity index (χ2n) is 3.95. The summed E-state index contributed by atoms with van der Waals surface area (Å²) in [6.07, 6.45) is 0.533. The van der Waals surface area contributed by atoms with Gasteiger partial charge < -0.3 is 15.7 Å². The molecule has 1 aromatic carbocycles. The van der Waals surface area contributed by atoms with Crippen LogP contribution in [-0.2, 0) is 11.2 Å². The van der Waals surface area contributed by atoms with Gasteiger partial charge in [-0.1, -0.05) is 29.3 Å². The highest BCUT2D eigenvalue weighted by Crippen LogP contribution is 2.20. The van der Waals surface area contributed by atoms with Crippen molar-refractivity contribution in [1.82, 2.24) is 10.6 Å². The fourth-order valence-electron chi connectivity index (χ4n) is 1.34. The Bertz CT molecular complexity index is 480. The molecule has 0 fully saturated rings. The Balaban J connectivity index is 2.38. The van der Waals surface area contributed by atoms with Crippen molar-refractivity contribution in [3.8, 4) is 0 Å². The molecule has 1 rings (SSSR count). The number of halogens is 2. The topological polar surface area (TPSA) is 78.4 Å². The molecule has 0 saturated heterocycles. The number of benzene rings is 1. The lowest BCUT2D eigenvalue weighted by Crippen LogP contribution is -2.44. The summed E-state index contributed by atoms with van der Waals surface area (Å²) in [5.41, 5.74) is 0.859. The van der Waals surface area contributed by atoms with Crippen LogP contribution in [0.4, 0.5) is 4.79 Å². The van der Waals surface area contributed by atoms with E-state index >= 15 is 0 Å². The molecule has 0 aliphatic rings. The molecule has 0 spiro atoms. The number of nitrogens with one attached hydrogen (secondary N) is 2. The Morgan fingerprint density at radius 1 is 1.37 bits per heavy atom. The van der Waals surface area contributed by atoms with Gasteiger partial charge >= 0.3 is 12.0 Å². The van der Waals surface area contributed by atoms with Crippen LogP contribution in [0.1, 0.15) is 12.5 Å². The minimum atomic E-state index is -1.09. The monoisotopic (exact) mass is 304 g/mol. The average Bonchev–Trinajstić information content (AvgIpc) is 2.31. The van der Waals surface area contributed by atoms with E-state index in [4.69, 9.17) is 28.3 Å². The van der Waals surface area contributed by atoms with Crippen molar-refractivity contribution in [2.75, 3.05) is 6.54 Å². The van der Waals surface area contributed by atoms with Gasteiger partial charge in [0.05, 0.1) is 0 Å². The van der Waals surface area contributed by atoms with Crippen LogP contribution < -0.4 is 10.6 Å². The highest BCUT2D eigenvalue weighted by atomic mass is 35.5. The van der Waals surface area contributed by atoms with E-state index in [2.05, 4.69) is 10.6 Å². The molecule has 0 aliphatic heterocycles. The van der Waals surface area contributed by atoms with E-state index < -0.39 is 18.0 Å². The summed E-state index contributed by atoms with van der Waals surface area (Å²) >= 11 is 11.7. The molecule has 104 valence electrons. The van der Waals surface area contributed by atoms with Crippen LogP contribution in [-0.4, -0.2) is 29.7 Å². The standard InChI is InChI=1S/C12H14Cl2N2O3/c1-7(11(17)18)16-12(19)15-5-4-8-2-3-9(13)6-10(8)14/h2-3,6-7H,4-5H2,1H3,(H,17,18)(H2,15,16,19)/t7-/m1/s1. The number of carbonyl (C=O) groups is 2. The maximum Gasteiger partial charge on any atom is 0.325 e. The predicted molar refractivity (Wildman–Crippen MR) is 73.8 cm³/mol. The quantitative estimate of drug-likeness (QED) is 0.781. The smallest absolute Gasteiger partial charge is 0.325 e. The van der Waals surface area contributed by atoms with Crippen molar-refractivity contribution in [1.29, 1.82) is 0 Å². The molecule has 1 aromatic rings. The first-order valence-corrected chi connectivity index (χ1v) is 6.37. The zero-order chi connectivity index (χ0) is 14.4. The first-order valence-electron chi connectivity index (χ1n) is 5.61. The van der Waals surface area contributed by atoms with Crippen molar-refractivity contribution >= 4 is 35.2 Å². The van der Waals surface area contributed by atoms with Crippen molar-refractivity contribution < 1.29 is 14.7 Å². The molecule has 0 radical (unpaired) electrons. The number of hydrogen-bond donors (Lipinski definition) is 3. The Hall–Kier alpha value is -1.46. The number of rotatable bonds is 5. The number of amides is 2. The third kappa shape index (κ3) is 5.36. The number of carbonyl (C=O) groups excluding carboxylic acids is 1. The summed E-state index contributed by atoms with van der Waals surface area (Å²) in [7, 11) is 0. The summed E-state index contributed by atoms with van der Waals surface area (Å²) in [6, 6.07) is 3.67. The highest BCUT2D eigenvalue weighted by molar-refractivity contribution is 6.35. The van der Waals surface area contributed by atoms with Crippen LogP contribution in [0.2, 0.25) is 10.0 Å². The van der Waals surface area contributed by atoms with Crippen molar-refractivity contribution in [3.05, 3.63) is 33.8 Å². The van der Waals surface area contributed by atoms with Crippen LogP contribution in [0.3, 0.4) is 0 Å². The second-order valence-corrected chi connectivity index (χ2v) is 4.79. The Labute approximate surface area is 120 Å². The fraction of sp³-hybridized carbons (Fsp3) is 0.333. The maximum atomic E-state index is 11.3. The largest absolute Gasteiger partial charge is 0.480 e. The number of hydrogen-bond acceptors (Lipinski definition) is 2. The van der Waals surface area contributed by atoms with Crippen molar-refractivity contribution in [3.63, 3.8) is 0 Å². The maximum absolute atomic E-state index is 11.3. The summed E-state index contributed by atoms with van der Waals surface area (Å²) in [6.45, 7) is 1.73. The van der Waals surface area contributed by atoms with E-state index in [1.54, 1.807) is 18.2 Å². The molecule has 0 aliphatic carbocycles. The molecule has 0 saturated carbocycles. The van der Waals surface area contributed by atoms with Gasteiger partial charge in [0.25, 0.3) is 0 Å². The molecular formula is C12H14Cl2N2O3. The Morgan fingerprint density at radius 3 is 2.63 bits per heavy atom. The number of aliphatic carboxylic acids is 1. The van der Waals surface area contributed by atoms with Gasteiger partial charge in [0, 0.05) is 16.6 Å². The number of urea groups is 1. The van der Waals surface area contributed by atoms with E-state index in [0.29, 0.717) is 23.0 Å². The zero-order valence-electron chi connectivity index (χ0n) is 10.2. The van der Waals surface area contributed by atoms with Crippen molar-refractivity contribution in [2.45, 2.75) is 19.4 Å². The molecule has 0 bridgehead atoms. The summed E-state index contributed by atoms with van der Waals surface area (Å²) < 4.78 is 0. The third-order valence-corrected chi connectivity index (χ3v) is 3.00. The molecule has 2 amide bonds. The lowest BCUT2D eigenvalue weighted by molar-refractivity contribution is -0.138. The van der Waals surface area contributed by atoms with E-state index in [9.17, 15) is 9.59 Å². The predicted octanol–water partition coefficient (Wildman–Crippen LogP) is 2.31. The summed E-state index contributed by atoms with van der Waals surface area (Å²) in [4.78, 5) is 21.9. The molecular weight excluding hydrogens is 291 g/mol. The first-order chi connectivity index (χ1) is 8.90. The van der Waals surface area contributed by atoms with Gasteiger partial charge in [-0.15, -0.1) is 0 Å². The van der Waals surface area contributed by atoms with Crippen LogP contribution in [0.15, 0.2) is 18.2 Å². The Morgan fingerprint density at radius 2 is 2.05 bits per heavy atom. The van der Waals surface area contributed by atoms with Gasteiger partial charge in [-0.25, -0.2) is 4.79 Å². The van der Waals surface area contributed by atoms with E-state index in [1.165, 1.54) is 6.92 Å². The van der Waals surface area contributed by atoms with Crippen LogP contribution in [0, 0.1) is 0 Å². The Kier molecular flexibility index (Phi) is 5.92. The van der Waals surface area contributed by atoms with E-state index in [0.717, 1.165) is 5.56 Å². The van der Waals surface area contributed by atoms with Gasteiger partial charge in [-0.2, -0.15) is 0 Å². The number of carboxylic acids is 1. The van der Waals surface area contributed by atoms with Crippen LogP contribution >= 0.6 is 23.2 Å². The van der Waals surface area contributed by atoms with E-state index in [-0.39, 0.29) is 0 Å². The molecule has 0 heterocycles. The van der Waals surface area contributed by atoms with Gasteiger partial charge in [0.2, 0.25) is 0 Å². The lowest BCUT2D eigenvalue weighted by atomic mass is 10.1.